The normalized spacial score (nSPS) is 13.9. The predicted molar refractivity (Wildman–Crippen MR) is 75.5 cm³/mol. The zero-order valence-corrected chi connectivity index (χ0v) is 12.6. The third-order valence-corrected chi connectivity index (χ3v) is 3.65. The molecule has 0 aromatic rings. The Kier molecular flexibility index (Phi) is 9.79. The van der Waals surface area contributed by atoms with Crippen molar-refractivity contribution < 1.29 is 4.74 Å². The smallest absolute Gasteiger partial charge is 0.0589 e. The van der Waals surface area contributed by atoms with Crippen LogP contribution in [0, 0.1) is 5.92 Å². The maximum atomic E-state index is 5.23. The van der Waals surface area contributed by atoms with Crippen LogP contribution >= 0.6 is 0 Å². The van der Waals surface area contributed by atoms with Crippen LogP contribution in [-0.4, -0.2) is 50.8 Å². The van der Waals surface area contributed by atoms with Gasteiger partial charge in [-0.15, -0.1) is 0 Å². The molecule has 0 aliphatic heterocycles. The van der Waals surface area contributed by atoms with E-state index in [2.05, 4.69) is 45.0 Å². The zero-order chi connectivity index (χ0) is 13.3. The minimum absolute atomic E-state index is 0.562. The molecule has 1 N–H and O–H groups in total. The van der Waals surface area contributed by atoms with E-state index in [1.54, 1.807) is 7.11 Å². The van der Waals surface area contributed by atoms with E-state index >= 15 is 0 Å². The van der Waals surface area contributed by atoms with E-state index in [-0.39, 0.29) is 0 Å². The summed E-state index contributed by atoms with van der Waals surface area (Å²) in [6.07, 6.45) is 2.43. The Morgan fingerprint density at radius 3 is 2.12 bits per heavy atom. The van der Waals surface area contributed by atoms with Gasteiger partial charge in [0.2, 0.25) is 0 Å². The molecular weight excluding hydrogens is 212 g/mol. The lowest BCUT2D eigenvalue weighted by Crippen LogP contribution is -2.47. The fourth-order valence-corrected chi connectivity index (χ4v) is 2.32. The highest BCUT2D eigenvalue weighted by molar-refractivity contribution is 4.78. The van der Waals surface area contributed by atoms with Gasteiger partial charge in [-0.1, -0.05) is 27.7 Å². The molecule has 0 saturated carbocycles. The first-order chi connectivity index (χ1) is 8.10. The summed E-state index contributed by atoms with van der Waals surface area (Å²) in [4.78, 5) is 2.57. The second kappa shape index (κ2) is 9.86. The van der Waals surface area contributed by atoms with E-state index in [1.807, 2.05) is 0 Å². The van der Waals surface area contributed by atoms with Gasteiger partial charge in [0.15, 0.2) is 0 Å². The number of hydrogen-bond donors (Lipinski definition) is 1. The first-order valence-corrected chi connectivity index (χ1v) is 7.00. The highest BCUT2D eigenvalue weighted by Crippen LogP contribution is 2.12. The molecule has 0 aliphatic rings. The van der Waals surface area contributed by atoms with E-state index in [9.17, 15) is 0 Å². The molecule has 0 bridgehead atoms. The van der Waals surface area contributed by atoms with Crippen LogP contribution in [0.3, 0.4) is 0 Å². The van der Waals surface area contributed by atoms with Gasteiger partial charge in [0.25, 0.3) is 0 Å². The van der Waals surface area contributed by atoms with Crippen LogP contribution in [0.1, 0.15) is 40.5 Å². The number of nitrogens with zero attached hydrogens (tertiary/aromatic N) is 1. The lowest BCUT2D eigenvalue weighted by molar-refractivity contribution is 0.102. The predicted octanol–water partition coefficient (Wildman–Crippen LogP) is 2.37. The summed E-state index contributed by atoms with van der Waals surface area (Å²) < 4.78 is 5.23. The summed E-state index contributed by atoms with van der Waals surface area (Å²) in [5.74, 6) is 0.666. The second-order valence-corrected chi connectivity index (χ2v) is 5.10. The monoisotopic (exact) mass is 244 g/mol. The Morgan fingerprint density at radius 2 is 1.76 bits per heavy atom. The number of ether oxygens (including phenoxy) is 1. The molecule has 0 fully saturated rings. The number of rotatable bonds is 10. The van der Waals surface area contributed by atoms with Gasteiger partial charge >= 0.3 is 0 Å². The Bertz CT molecular complexity index is 170. The van der Waals surface area contributed by atoms with Crippen molar-refractivity contribution >= 4 is 0 Å². The minimum Gasteiger partial charge on any atom is -0.383 e. The molecule has 0 saturated heterocycles. The lowest BCUT2D eigenvalue weighted by Gasteiger charge is -2.34. The maximum Gasteiger partial charge on any atom is 0.0589 e. The van der Waals surface area contributed by atoms with E-state index in [1.165, 1.54) is 12.8 Å². The number of hydrogen-bond acceptors (Lipinski definition) is 3. The molecule has 0 aromatic heterocycles. The van der Waals surface area contributed by atoms with Gasteiger partial charge in [-0.25, -0.2) is 0 Å². The van der Waals surface area contributed by atoms with Crippen LogP contribution < -0.4 is 5.32 Å². The molecule has 104 valence electrons. The van der Waals surface area contributed by atoms with Gasteiger partial charge in [0.1, 0.15) is 0 Å². The minimum atomic E-state index is 0.562. The Morgan fingerprint density at radius 1 is 1.18 bits per heavy atom. The fourth-order valence-electron chi connectivity index (χ4n) is 2.32. The molecule has 3 heteroatoms. The maximum absolute atomic E-state index is 5.23. The lowest BCUT2D eigenvalue weighted by atomic mass is 10.0. The van der Waals surface area contributed by atoms with Gasteiger partial charge in [-0.3, -0.25) is 4.90 Å². The summed E-state index contributed by atoms with van der Waals surface area (Å²) in [6, 6.07) is 1.24. The van der Waals surface area contributed by atoms with Crippen LogP contribution in [-0.2, 0) is 4.74 Å². The summed E-state index contributed by atoms with van der Waals surface area (Å²) in [6.45, 7) is 12.1. The van der Waals surface area contributed by atoms with Crippen molar-refractivity contribution in [3.05, 3.63) is 0 Å². The van der Waals surface area contributed by atoms with Gasteiger partial charge in [-0.05, 0) is 25.8 Å². The molecule has 0 aliphatic carbocycles. The molecular formula is C14H32N2O. The molecule has 17 heavy (non-hydrogen) atoms. The average Bonchev–Trinajstić information content (AvgIpc) is 2.32. The molecule has 0 aromatic carbocycles. The molecule has 0 amide bonds. The van der Waals surface area contributed by atoms with E-state index in [0.717, 1.165) is 19.7 Å². The molecule has 1 atom stereocenters. The SMILES string of the molecule is CCC(CC)N(CCOC)CC(NC)C(C)C. The van der Waals surface area contributed by atoms with E-state index in [0.29, 0.717) is 18.0 Å². The molecule has 1 unspecified atom stereocenters. The van der Waals surface area contributed by atoms with Crippen molar-refractivity contribution in [2.75, 3.05) is 33.9 Å². The molecule has 0 rings (SSSR count). The average molecular weight is 244 g/mol. The Labute approximate surface area is 108 Å². The van der Waals surface area contributed by atoms with E-state index < -0.39 is 0 Å². The number of methoxy groups -OCH3 is 1. The van der Waals surface area contributed by atoms with Crippen molar-refractivity contribution in [1.29, 1.82) is 0 Å². The third kappa shape index (κ3) is 6.39. The summed E-state index contributed by atoms with van der Waals surface area (Å²) >= 11 is 0. The quantitative estimate of drug-likeness (QED) is 0.638. The van der Waals surface area contributed by atoms with Crippen LogP contribution in [0.25, 0.3) is 0 Å². The molecule has 0 spiro atoms. The van der Waals surface area contributed by atoms with Crippen LogP contribution in [0.5, 0.6) is 0 Å². The number of likely N-dealkylation sites (N-methyl/N-ethyl adjacent to an activating group) is 1. The van der Waals surface area contributed by atoms with E-state index in [4.69, 9.17) is 4.74 Å². The summed E-state index contributed by atoms with van der Waals surface area (Å²) in [5, 5.41) is 3.43. The second-order valence-electron chi connectivity index (χ2n) is 5.10. The van der Waals surface area contributed by atoms with Crippen molar-refractivity contribution in [3.8, 4) is 0 Å². The highest BCUT2D eigenvalue weighted by Gasteiger charge is 2.20. The van der Waals surface area contributed by atoms with Crippen molar-refractivity contribution in [2.45, 2.75) is 52.6 Å². The summed E-state index contributed by atoms with van der Waals surface area (Å²) in [5.41, 5.74) is 0. The van der Waals surface area contributed by atoms with Crippen LogP contribution in [0.15, 0.2) is 0 Å². The van der Waals surface area contributed by atoms with Crippen molar-refractivity contribution in [3.63, 3.8) is 0 Å². The van der Waals surface area contributed by atoms with Crippen molar-refractivity contribution in [2.24, 2.45) is 5.92 Å². The van der Waals surface area contributed by atoms with Gasteiger partial charge < -0.3 is 10.1 Å². The largest absolute Gasteiger partial charge is 0.383 e. The van der Waals surface area contributed by atoms with Crippen LogP contribution in [0.2, 0.25) is 0 Å². The third-order valence-electron chi connectivity index (χ3n) is 3.65. The van der Waals surface area contributed by atoms with Gasteiger partial charge in [0.05, 0.1) is 6.61 Å². The Hall–Kier alpha value is -0.120. The fraction of sp³-hybridized carbons (Fsp3) is 1.00. The standard InChI is InChI=1S/C14H32N2O/c1-7-13(8-2)16(9-10-17-6)11-14(15-5)12(3)4/h12-15H,7-11H2,1-6H3. The molecule has 0 radical (unpaired) electrons. The summed E-state index contributed by atoms with van der Waals surface area (Å²) in [7, 11) is 3.84. The number of nitrogens with one attached hydrogen (secondary N) is 1. The van der Waals surface area contributed by atoms with Gasteiger partial charge in [0, 0.05) is 32.3 Å². The molecule has 3 nitrogen and oxygen atoms in total. The van der Waals surface area contributed by atoms with Crippen molar-refractivity contribution in [1.82, 2.24) is 10.2 Å². The molecule has 0 heterocycles. The highest BCUT2D eigenvalue weighted by atomic mass is 16.5. The first-order valence-electron chi connectivity index (χ1n) is 7.00. The topological polar surface area (TPSA) is 24.5 Å². The zero-order valence-electron chi connectivity index (χ0n) is 12.6. The first kappa shape index (κ1) is 16.9. The van der Waals surface area contributed by atoms with Gasteiger partial charge in [-0.2, -0.15) is 0 Å². The Balaban J connectivity index is 4.43. The van der Waals surface area contributed by atoms with Crippen LogP contribution in [0.4, 0.5) is 0 Å².